The minimum Gasteiger partial charge on any atom is -0.508 e. The Labute approximate surface area is 81.8 Å². The van der Waals surface area contributed by atoms with Crippen molar-refractivity contribution >= 4 is 18.6 Å². The first-order chi connectivity index (χ1) is 6.22. The van der Waals surface area contributed by atoms with Crippen LogP contribution in [0.2, 0.25) is 0 Å². The zero-order valence-electron chi connectivity index (χ0n) is 6.93. The molecule has 13 heavy (non-hydrogen) atoms. The van der Waals surface area contributed by atoms with Crippen LogP contribution >= 0.6 is 12.6 Å². The van der Waals surface area contributed by atoms with Crippen LogP contribution in [0.4, 0.5) is 0 Å². The first kappa shape index (κ1) is 9.92. The Hall–Kier alpha value is -1.16. The first-order valence-electron chi connectivity index (χ1n) is 3.77. The lowest BCUT2D eigenvalue weighted by Gasteiger charge is -2.02. The van der Waals surface area contributed by atoms with E-state index in [1.165, 1.54) is 0 Å². The standard InChI is InChI=1S/C9H10O3S/c10-8-3-1-7(2-4-8)5-12-9(11)6-13/h1-4,10,13H,5-6H2. The van der Waals surface area contributed by atoms with Gasteiger partial charge in [0.15, 0.2) is 0 Å². The molecular weight excluding hydrogens is 188 g/mol. The van der Waals surface area contributed by atoms with E-state index in [2.05, 4.69) is 12.6 Å². The number of carbonyl (C=O) groups excluding carboxylic acids is 1. The van der Waals surface area contributed by atoms with Crippen molar-refractivity contribution in [1.29, 1.82) is 0 Å². The molecule has 0 bridgehead atoms. The van der Waals surface area contributed by atoms with Gasteiger partial charge in [0.2, 0.25) is 0 Å². The number of hydrogen-bond donors (Lipinski definition) is 2. The zero-order chi connectivity index (χ0) is 9.68. The fourth-order valence-corrected chi connectivity index (χ4v) is 0.893. The lowest BCUT2D eigenvalue weighted by atomic mass is 10.2. The lowest BCUT2D eigenvalue weighted by molar-refractivity contribution is -0.141. The number of ether oxygens (including phenoxy) is 1. The van der Waals surface area contributed by atoms with E-state index in [1.807, 2.05) is 0 Å². The minimum atomic E-state index is -0.351. The van der Waals surface area contributed by atoms with Gasteiger partial charge in [0.1, 0.15) is 12.4 Å². The number of hydrogen-bond acceptors (Lipinski definition) is 4. The number of phenolic OH excluding ortho intramolecular Hbond substituents is 1. The second-order valence-corrected chi connectivity index (χ2v) is 2.80. The van der Waals surface area contributed by atoms with E-state index in [1.54, 1.807) is 24.3 Å². The highest BCUT2D eigenvalue weighted by Gasteiger charge is 1.99. The molecule has 0 saturated heterocycles. The molecule has 1 N–H and O–H groups in total. The van der Waals surface area contributed by atoms with Gasteiger partial charge in [-0.2, -0.15) is 12.6 Å². The van der Waals surface area contributed by atoms with Gasteiger partial charge >= 0.3 is 5.97 Å². The van der Waals surface area contributed by atoms with Crippen molar-refractivity contribution in [2.45, 2.75) is 6.61 Å². The third-order valence-corrected chi connectivity index (χ3v) is 1.72. The molecule has 0 aliphatic rings. The Morgan fingerprint density at radius 3 is 2.54 bits per heavy atom. The van der Waals surface area contributed by atoms with Crippen LogP contribution in [0.1, 0.15) is 5.56 Å². The summed E-state index contributed by atoms with van der Waals surface area (Å²) < 4.78 is 4.82. The molecule has 0 unspecified atom stereocenters. The van der Waals surface area contributed by atoms with Gasteiger partial charge in [-0.15, -0.1) is 0 Å². The molecule has 3 nitrogen and oxygen atoms in total. The molecule has 0 atom stereocenters. The van der Waals surface area contributed by atoms with Gasteiger partial charge in [-0.25, -0.2) is 0 Å². The second-order valence-electron chi connectivity index (χ2n) is 2.49. The third kappa shape index (κ3) is 3.38. The number of aromatic hydroxyl groups is 1. The average Bonchev–Trinajstić information content (AvgIpc) is 2.16. The number of benzene rings is 1. The highest BCUT2D eigenvalue weighted by molar-refractivity contribution is 7.81. The molecule has 0 aliphatic heterocycles. The van der Waals surface area contributed by atoms with Crippen molar-refractivity contribution in [3.63, 3.8) is 0 Å². The Morgan fingerprint density at radius 2 is 2.00 bits per heavy atom. The molecule has 0 radical (unpaired) electrons. The molecule has 4 heteroatoms. The molecule has 1 aromatic rings. The Morgan fingerprint density at radius 1 is 1.38 bits per heavy atom. The summed E-state index contributed by atoms with van der Waals surface area (Å²) in [6.07, 6.45) is 0. The maximum Gasteiger partial charge on any atom is 0.315 e. The molecule has 1 rings (SSSR count). The first-order valence-corrected chi connectivity index (χ1v) is 4.40. The van der Waals surface area contributed by atoms with Gasteiger partial charge < -0.3 is 9.84 Å². The average molecular weight is 198 g/mol. The van der Waals surface area contributed by atoms with Crippen LogP contribution in [0.25, 0.3) is 0 Å². The van der Waals surface area contributed by atoms with Crippen molar-refractivity contribution in [2.75, 3.05) is 5.75 Å². The van der Waals surface area contributed by atoms with E-state index in [-0.39, 0.29) is 24.1 Å². The summed E-state index contributed by atoms with van der Waals surface area (Å²) in [6, 6.07) is 6.48. The fraction of sp³-hybridized carbons (Fsp3) is 0.222. The van der Waals surface area contributed by atoms with Crippen molar-refractivity contribution in [1.82, 2.24) is 0 Å². The smallest absolute Gasteiger partial charge is 0.315 e. The van der Waals surface area contributed by atoms with Crippen LogP contribution in [-0.2, 0) is 16.1 Å². The number of rotatable bonds is 3. The predicted molar refractivity (Wildman–Crippen MR) is 51.8 cm³/mol. The fourth-order valence-electron chi connectivity index (χ4n) is 0.802. The summed E-state index contributed by atoms with van der Waals surface area (Å²) in [5.41, 5.74) is 0.841. The van der Waals surface area contributed by atoms with Gasteiger partial charge in [0.05, 0.1) is 5.75 Å². The molecule has 70 valence electrons. The van der Waals surface area contributed by atoms with E-state index in [9.17, 15) is 4.79 Å². The number of phenols is 1. The Kier molecular flexibility index (Phi) is 3.64. The molecule has 1 aromatic carbocycles. The number of carbonyl (C=O) groups is 1. The second kappa shape index (κ2) is 4.77. The molecular formula is C9H10O3S. The number of esters is 1. The molecule has 0 amide bonds. The van der Waals surface area contributed by atoms with E-state index < -0.39 is 0 Å². The Balaban J connectivity index is 2.46. The monoisotopic (exact) mass is 198 g/mol. The summed E-state index contributed by atoms with van der Waals surface area (Å²) >= 11 is 3.76. The van der Waals surface area contributed by atoms with Crippen molar-refractivity contribution in [2.24, 2.45) is 0 Å². The molecule has 0 spiro atoms. The van der Waals surface area contributed by atoms with E-state index in [4.69, 9.17) is 9.84 Å². The summed E-state index contributed by atoms with van der Waals surface area (Å²) in [7, 11) is 0. The van der Waals surface area contributed by atoms with Crippen molar-refractivity contribution < 1.29 is 14.6 Å². The van der Waals surface area contributed by atoms with Crippen LogP contribution in [0.5, 0.6) is 5.75 Å². The summed E-state index contributed by atoms with van der Waals surface area (Å²) in [4.78, 5) is 10.7. The minimum absolute atomic E-state index is 0.0814. The Bertz CT molecular complexity index is 281. The van der Waals surface area contributed by atoms with Gasteiger partial charge in [0, 0.05) is 0 Å². The largest absolute Gasteiger partial charge is 0.508 e. The maximum absolute atomic E-state index is 10.7. The molecule has 0 aliphatic carbocycles. The topological polar surface area (TPSA) is 46.5 Å². The van der Waals surface area contributed by atoms with Crippen LogP contribution in [-0.4, -0.2) is 16.8 Å². The highest BCUT2D eigenvalue weighted by atomic mass is 32.1. The van der Waals surface area contributed by atoms with Crippen molar-refractivity contribution in [3.8, 4) is 5.75 Å². The molecule has 0 saturated carbocycles. The van der Waals surface area contributed by atoms with Gasteiger partial charge in [-0.3, -0.25) is 4.79 Å². The normalized spacial score (nSPS) is 9.62. The van der Waals surface area contributed by atoms with Gasteiger partial charge in [-0.1, -0.05) is 12.1 Å². The van der Waals surface area contributed by atoms with Crippen LogP contribution in [0, 0.1) is 0 Å². The summed E-state index contributed by atoms with van der Waals surface area (Å²) in [6.45, 7) is 0.222. The van der Waals surface area contributed by atoms with E-state index in [0.29, 0.717) is 0 Å². The van der Waals surface area contributed by atoms with Gasteiger partial charge in [0.25, 0.3) is 0 Å². The summed E-state index contributed by atoms with van der Waals surface area (Å²) in [5, 5.41) is 8.96. The highest BCUT2D eigenvalue weighted by Crippen LogP contribution is 2.10. The maximum atomic E-state index is 10.7. The van der Waals surface area contributed by atoms with Crippen molar-refractivity contribution in [3.05, 3.63) is 29.8 Å². The number of thiol groups is 1. The SMILES string of the molecule is O=C(CS)OCc1ccc(O)cc1. The van der Waals surface area contributed by atoms with Crippen LogP contribution in [0.3, 0.4) is 0 Å². The predicted octanol–water partition coefficient (Wildman–Crippen LogP) is 1.37. The quantitative estimate of drug-likeness (QED) is 0.569. The van der Waals surface area contributed by atoms with Gasteiger partial charge in [-0.05, 0) is 17.7 Å². The molecule has 0 fully saturated rings. The van der Waals surface area contributed by atoms with Crippen LogP contribution < -0.4 is 0 Å². The molecule has 0 heterocycles. The van der Waals surface area contributed by atoms with E-state index in [0.717, 1.165) is 5.56 Å². The zero-order valence-corrected chi connectivity index (χ0v) is 7.83. The lowest BCUT2D eigenvalue weighted by Crippen LogP contribution is -2.05. The third-order valence-electron chi connectivity index (χ3n) is 1.47. The van der Waals surface area contributed by atoms with E-state index >= 15 is 0 Å². The van der Waals surface area contributed by atoms with Crippen LogP contribution in [0.15, 0.2) is 24.3 Å². The molecule has 0 aromatic heterocycles. The summed E-state index contributed by atoms with van der Waals surface area (Å²) in [5.74, 6) is -0.0707.